The number of benzene rings is 2. The number of nitrogens with zero attached hydrogens (tertiary/aromatic N) is 1. The standard InChI is InChI=1S/C22H21NO4/c1-22(10-24,11-25)23-20(26)18-16-12-6-2-3-7-13(12)17(19(18)21(23)27)15-9-5-4-8-14(15)16/h2-9,16-19,24-25H,10-11H2,1H3/t16?,17?,18-,19-/m0/s1. The Morgan fingerprint density at radius 2 is 1.11 bits per heavy atom. The second kappa shape index (κ2) is 5.50. The van der Waals surface area contributed by atoms with E-state index in [4.69, 9.17) is 0 Å². The van der Waals surface area contributed by atoms with E-state index >= 15 is 0 Å². The molecular formula is C22H21NO4. The quantitative estimate of drug-likeness (QED) is 0.813. The molecule has 1 saturated heterocycles. The van der Waals surface area contributed by atoms with Crippen LogP contribution in [0, 0.1) is 11.8 Å². The van der Waals surface area contributed by atoms with Crippen LogP contribution in [0.4, 0.5) is 0 Å². The Labute approximate surface area is 157 Å². The molecule has 0 spiro atoms. The van der Waals surface area contributed by atoms with Crippen LogP contribution in [-0.2, 0) is 9.59 Å². The van der Waals surface area contributed by atoms with Crippen LogP contribution in [0.25, 0.3) is 0 Å². The first-order chi connectivity index (χ1) is 13.0. The highest BCUT2D eigenvalue weighted by molar-refractivity contribution is 6.08. The minimum atomic E-state index is -1.29. The molecule has 2 bridgehead atoms. The van der Waals surface area contributed by atoms with Crippen LogP contribution in [0.3, 0.4) is 0 Å². The summed E-state index contributed by atoms with van der Waals surface area (Å²) in [6.07, 6.45) is 0. The Hall–Kier alpha value is -2.50. The number of hydrogen-bond acceptors (Lipinski definition) is 4. The van der Waals surface area contributed by atoms with Crippen molar-refractivity contribution in [1.29, 1.82) is 0 Å². The minimum absolute atomic E-state index is 0.171. The summed E-state index contributed by atoms with van der Waals surface area (Å²) < 4.78 is 0. The molecule has 3 aliphatic carbocycles. The predicted molar refractivity (Wildman–Crippen MR) is 98.0 cm³/mol. The zero-order valence-electron chi connectivity index (χ0n) is 15.0. The Kier molecular flexibility index (Phi) is 3.39. The number of likely N-dealkylation sites (tertiary alicyclic amines) is 1. The molecule has 0 aromatic heterocycles. The molecule has 1 aliphatic heterocycles. The van der Waals surface area contributed by atoms with Crippen LogP contribution in [0.1, 0.15) is 41.0 Å². The van der Waals surface area contributed by atoms with Gasteiger partial charge in [0.05, 0.1) is 30.6 Å². The third kappa shape index (κ3) is 1.91. The first-order valence-electron chi connectivity index (χ1n) is 9.31. The van der Waals surface area contributed by atoms with E-state index in [9.17, 15) is 19.8 Å². The molecule has 4 aliphatic rings. The van der Waals surface area contributed by atoms with Gasteiger partial charge in [-0.05, 0) is 29.2 Å². The molecule has 2 N–H and O–H groups in total. The van der Waals surface area contributed by atoms with Gasteiger partial charge < -0.3 is 10.2 Å². The zero-order valence-corrected chi connectivity index (χ0v) is 15.0. The molecule has 0 saturated carbocycles. The maximum absolute atomic E-state index is 13.4. The van der Waals surface area contributed by atoms with Crippen molar-refractivity contribution in [3.63, 3.8) is 0 Å². The van der Waals surface area contributed by atoms with Gasteiger partial charge in [-0.2, -0.15) is 0 Å². The monoisotopic (exact) mass is 363 g/mol. The van der Waals surface area contributed by atoms with Crippen LogP contribution in [-0.4, -0.2) is 45.7 Å². The van der Waals surface area contributed by atoms with Gasteiger partial charge in [0, 0.05) is 11.8 Å². The number of carbonyl (C=O) groups is 2. The number of hydrogen-bond donors (Lipinski definition) is 2. The number of rotatable bonds is 3. The molecule has 5 heteroatoms. The summed E-state index contributed by atoms with van der Waals surface area (Å²) in [7, 11) is 0. The molecule has 2 atom stereocenters. The first kappa shape index (κ1) is 16.7. The van der Waals surface area contributed by atoms with Crippen LogP contribution in [0.5, 0.6) is 0 Å². The van der Waals surface area contributed by atoms with Crippen LogP contribution in [0.15, 0.2) is 48.5 Å². The lowest BCUT2D eigenvalue weighted by Gasteiger charge is -2.45. The Morgan fingerprint density at radius 3 is 1.41 bits per heavy atom. The zero-order chi connectivity index (χ0) is 18.9. The third-order valence-corrected chi connectivity index (χ3v) is 6.67. The lowest BCUT2D eigenvalue weighted by molar-refractivity contribution is -0.150. The highest BCUT2D eigenvalue weighted by Crippen LogP contribution is 2.61. The summed E-state index contributed by atoms with van der Waals surface area (Å²) in [6.45, 7) is 0.633. The summed E-state index contributed by atoms with van der Waals surface area (Å²) >= 11 is 0. The van der Waals surface area contributed by atoms with Gasteiger partial charge in [0.2, 0.25) is 11.8 Å². The van der Waals surface area contributed by atoms with Gasteiger partial charge in [-0.15, -0.1) is 0 Å². The fraction of sp³-hybridized carbons (Fsp3) is 0.364. The lowest BCUT2D eigenvalue weighted by Crippen LogP contribution is -2.55. The van der Waals surface area contributed by atoms with Crippen molar-refractivity contribution in [3.05, 3.63) is 70.8 Å². The van der Waals surface area contributed by atoms with E-state index in [1.54, 1.807) is 6.92 Å². The molecule has 0 unspecified atom stereocenters. The number of carbonyl (C=O) groups excluding carboxylic acids is 2. The molecule has 138 valence electrons. The molecule has 6 rings (SSSR count). The second-order valence-corrected chi connectivity index (χ2v) is 8.09. The van der Waals surface area contributed by atoms with Gasteiger partial charge in [0.1, 0.15) is 0 Å². The van der Waals surface area contributed by atoms with Crippen molar-refractivity contribution in [2.24, 2.45) is 11.8 Å². The van der Waals surface area contributed by atoms with Crippen LogP contribution in [0.2, 0.25) is 0 Å². The Balaban J connectivity index is 1.74. The average Bonchev–Trinajstić information content (AvgIpc) is 2.99. The van der Waals surface area contributed by atoms with Crippen molar-refractivity contribution >= 4 is 11.8 Å². The highest BCUT2D eigenvalue weighted by Gasteiger charge is 2.63. The molecule has 2 aromatic rings. The first-order valence-corrected chi connectivity index (χ1v) is 9.31. The Bertz CT molecular complexity index is 849. The SMILES string of the molecule is CC(CO)(CO)N1C(=O)[C@H]2C3c4ccccc4C(c4ccccc43)[C@@H]2C1=O. The molecule has 1 fully saturated rings. The average molecular weight is 363 g/mol. The van der Waals surface area contributed by atoms with Crippen molar-refractivity contribution in [2.45, 2.75) is 24.3 Å². The molecule has 1 heterocycles. The third-order valence-electron chi connectivity index (χ3n) is 6.67. The van der Waals surface area contributed by atoms with E-state index < -0.39 is 30.6 Å². The van der Waals surface area contributed by atoms with Gasteiger partial charge in [-0.1, -0.05) is 48.5 Å². The maximum Gasteiger partial charge on any atom is 0.234 e. The fourth-order valence-electron chi connectivity index (χ4n) is 5.40. The fourth-order valence-corrected chi connectivity index (χ4v) is 5.40. The van der Waals surface area contributed by atoms with Crippen molar-refractivity contribution in [2.75, 3.05) is 13.2 Å². The highest BCUT2D eigenvalue weighted by atomic mass is 16.3. The van der Waals surface area contributed by atoms with Gasteiger partial charge in [0.15, 0.2) is 0 Å². The van der Waals surface area contributed by atoms with E-state index in [0.717, 1.165) is 27.2 Å². The molecule has 5 nitrogen and oxygen atoms in total. The normalized spacial score (nSPS) is 28.2. The van der Waals surface area contributed by atoms with Crippen molar-refractivity contribution in [3.8, 4) is 0 Å². The number of amides is 2. The van der Waals surface area contributed by atoms with E-state index in [0.29, 0.717) is 0 Å². The second-order valence-electron chi connectivity index (χ2n) is 8.09. The molecule has 2 aromatic carbocycles. The summed E-state index contributed by atoms with van der Waals surface area (Å²) in [6, 6.07) is 16.1. The number of imide groups is 1. The summed E-state index contributed by atoms with van der Waals surface area (Å²) in [5.41, 5.74) is 3.16. The number of aliphatic hydroxyl groups excluding tert-OH is 2. The summed E-state index contributed by atoms with van der Waals surface area (Å²) in [5, 5.41) is 19.6. The molecule has 2 amide bonds. The maximum atomic E-state index is 13.4. The van der Waals surface area contributed by atoms with Crippen LogP contribution < -0.4 is 0 Å². The predicted octanol–water partition coefficient (Wildman–Crippen LogP) is 1.62. The Morgan fingerprint density at radius 1 is 0.778 bits per heavy atom. The van der Waals surface area contributed by atoms with E-state index in [-0.39, 0.29) is 23.7 Å². The van der Waals surface area contributed by atoms with Crippen LogP contribution >= 0.6 is 0 Å². The van der Waals surface area contributed by atoms with E-state index in [2.05, 4.69) is 24.3 Å². The topological polar surface area (TPSA) is 77.8 Å². The van der Waals surface area contributed by atoms with Gasteiger partial charge >= 0.3 is 0 Å². The molecule has 0 radical (unpaired) electrons. The minimum Gasteiger partial charge on any atom is -0.394 e. The van der Waals surface area contributed by atoms with Crippen molar-refractivity contribution < 1.29 is 19.8 Å². The summed E-state index contributed by atoms with van der Waals surface area (Å²) in [4.78, 5) is 28.0. The molecule has 27 heavy (non-hydrogen) atoms. The summed E-state index contributed by atoms with van der Waals surface area (Å²) in [5.74, 6) is -1.87. The van der Waals surface area contributed by atoms with E-state index in [1.807, 2.05) is 24.3 Å². The largest absolute Gasteiger partial charge is 0.394 e. The lowest BCUT2D eigenvalue weighted by atomic mass is 9.55. The number of aliphatic hydroxyl groups is 2. The smallest absolute Gasteiger partial charge is 0.234 e. The molecular weight excluding hydrogens is 342 g/mol. The van der Waals surface area contributed by atoms with E-state index in [1.165, 1.54) is 0 Å². The van der Waals surface area contributed by atoms with Gasteiger partial charge in [0.25, 0.3) is 0 Å². The van der Waals surface area contributed by atoms with Crippen molar-refractivity contribution in [1.82, 2.24) is 4.90 Å². The van der Waals surface area contributed by atoms with Gasteiger partial charge in [-0.3, -0.25) is 14.5 Å². The van der Waals surface area contributed by atoms with Gasteiger partial charge in [-0.25, -0.2) is 0 Å².